The van der Waals surface area contributed by atoms with Gasteiger partial charge >= 0.3 is 0 Å². The van der Waals surface area contributed by atoms with E-state index < -0.39 is 5.41 Å². The van der Waals surface area contributed by atoms with Gasteiger partial charge in [0.1, 0.15) is 12.7 Å². The highest BCUT2D eigenvalue weighted by Crippen LogP contribution is 2.24. The quantitative estimate of drug-likeness (QED) is 0.828. The molecule has 0 saturated heterocycles. The van der Waals surface area contributed by atoms with Crippen molar-refractivity contribution in [2.75, 3.05) is 0 Å². The van der Waals surface area contributed by atoms with Crippen molar-refractivity contribution in [1.82, 2.24) is 14.8 Å². The molecule has 0 aliphatic rings. The lowest BCUT2D eigenvalue weighted by Gasteiger charge is -2.18. The van der Waals surface area contributed by atoms with Gasteiger partial charge in [-0.05, 0) is 31.9 Å². The lowest BCUT2D eigenvalue weighted by molar-refractivity contribution is 0.666. The Labute approximate surface area is 107 Å². The van der Waals surface area contributed by atoms with Gasteiger partial charge in [0.05, 0.1) is 18.0 Å². The topological polar surface area (TPSA) is 54.5 Å². The molecule has 0 bridgehead atoms. The lowest BCUT2D eigenvalue weighted by Crippen LogP contribution is -2.15. The molecular formula is C14H16N4. The van der Waals surface area contributed by atoms with Crippen LogP contribution in [0.15, 0.2) is 30.9 Å². The highest BCUT2D eigenvalue weighted by atomic mass is 15.3. The van der Waals surface area contributed by atoms with E-state index in [1.165, 1.54) is 6.33 Å². The third-order valence-electron chi connectivity index (χ3n) is 2.95. The van der Waals surface area contributed by atoms with E-state index in [0.717, 1.165) is 16.7 Å². The van der Waals surface area contributed by atoms with Crippen LogP contribution in [-0.2, 0) is 12.0 Å². The molecule has 0 fully saturated rings. The SMILES string of the molecule is Cc1cc(Cn2cncn2)cc(C(C)(C)C#N)c1. The summed E-state index contributed by atoms with van der Waals surface area (Å²) in [6.07, 6.45) is 3.22. The van der Waals surface area contributed by atoms with Gasteiger partial charge < -0.3 is 0 Å². The van der Waals surface area contributed by atoms with Crippen molar-refractivity contribution in [2.45, 2.75) is 32.7 Å². The van der Waals surface area contributed by atoms with Crippen LogP contribution in [0.5, 0.6) is 0 Å². The second-order valence-electron chi connectivity index (χ2n) is 5.04. The van der Waals surface area contributed by atoms with E-state index >= 15 is 0 Å². The standard InChI is InChI=1S/C14H16N4/c1-11-4-12(7-18-10-16-9-17-18)6-13(5-11)14(2,3)8-15/h4-6,9-10H,7H2,1-3H3. The summed E-state index contributed by atoms with van der Waals surface area (Å²) in [5.41, 5.74) is 2.87. The Bertz CT molecular complexity index is 576. The molecule has 2 rings (SSSR count). The van der Waals surface area contributed by atoms with Crippen LogP contribution in [0.2, 0.25) is 0 Å². The van der Waals surface area contributed by atoms with E-state index in [-0.39, 0.29) is 0 Å². The van der Waals surface area contributed by atoms with Crippen LogP contribution in [0.3, 0.4) is 0 Å². The van der Waals surface area contributed by atoms with Crippen LogP contribution in [0, 0.1) is 18.3 Å². The number of nitrogens with zero attached hydrogens (tertiary/aromatic N) is 4. The Hall–Kier alpha value is -2.15. The molecule has 0 aliphatic carbocycles. The van der Waals surface area contributed by atoms with Gasteiger partial charge in [0.25, 0.3) is 0 Å². The summed E-state index contributed by atoms with van der Waals surface area (Å²) in [5.74, 6) is 0. The zero-order valence-corrected chi connectivity index (χ0v) is 10.9. The van der Waals surface area contributed by atoms with E-state index in [1.807, 2.05) is 20.8 Å². The molecule has 18 heavy (non-hydrogen) atoms. The molecule has 0 atom stereocenters. The first-order chi connectivity index (χ1) is 8.51. The minimum absolute atomic E-state index is 0.469. The fourth-order valence-corrected chi connectivity index (χ4v) is 1.88. The van der Waals surface area contributed by atoms with Crippen LogP contribution in [0.1, 0.15) is 30.5 Å². The molecule has 0 N–H and O–H groups in total. The highest BCUT2D eigenvalue weighted by Gasteiger charge is 2.20. The minimum atomic E-state index is -0.469. The van der Waals surface area contributed by atoms with Crippen molar-refractivity contribution < 1.29 is 0 Å². The zero-order chi connectivity index (χ0) is 13.2. The first-order valence-corrected chi connectivity index (χ1v) is 5.86. The molecular weight excluding hydrogens is 224 g/mol. The van der Waals surface area contributed by atoms with Crippen LogP contribution < -0.4 is 0 Å². The van der Waals surface area contributed by atoms with Crippen molar-refractivity contribution in [1.29, 1.82) is 5.26 Å². The molecule has 0 saturated carbocycles. The smallest absolute Gasteiger partial charge is 0.137 e. The molecule has 1 aromatic heterocycles. The third kappa shape index (κ3) is 2.57. The van der Waals surface area contributed by atoms with E-state index in [0.29, 0.717) is 6.54 Å². The Morgan fingerprint density at radius 3 is 2.72 bits per heavy atom. The Kier molecular flexibility index (Phi) is 3.15. The van der Waals surface area contributed by atoms with Gasteiger partial charge in [0, 0.05) is 0 Å². The maximum Gasteiger partial charge on any atom is 0.137 e. The molecule has 0 spiro atoms. The van der Waals surface area contributed by atoms with Crippen molar-refractivity contribution in [3.05, 3.63) is 47.5 Å². The Balaban J connectivity index is 2.36. The molecule has 4 nitrogen and oxygen atoms in total. The summed E-state index contributed by atoms with van der Waals surface area (Å²) >= 11 is 0. The number of rotatable bonds is 3. The predicted octanol–water partition coefficient (Wildman–Crippen LogP) is 2.44. The normalized spacial score (nSPS) is 11.2. The summed E-state index contributed by atoms with van der Waals surface area (Å²) in [6.45, 7) is 6.58. The largest absolute Gasteiger partial charge is 0.249 e. The third-order valence-corrected chi connectivity index (χ3v) is 2.95. The highest BCUT2D eigenvalue weighted by molar-refractivity contribution is 5.37. The first kappa shape index (κ1) is 12.3. The summed E-state index contributed by atoms with van der Waals surface area (Å²) in [4.78, 5) is 3.93. The maximum atomic E-state index is 9.21. The molecule has 0 amide bonds. The number of hydrogen-bond acceptors (Lipinski definition) is 3. The second-order valence-corrected chi connectivity index (χ2v) is 5.04. The molecule has 0 radical (unpaired) electrons. The van der Waals surface area contributed by atoms with Crippen LogP contribution in [0.25, 0.3) is 0 Å². The van der Waals surface area contributed by atoms with Gasteiger partial charge in [-0.15, -0.1) is 0 Å². The maximum absolute atomic E-state index is 9.21. The molecule has 2 aromatic rings. The lowest BCUT2D eigenvalue weighted by atomic mass is 9.84. The Morgan fingerprint density at radius 1 is 1.33 bits per heavy atom. The van der Waals surface area contributed by atoms with Crippen molar-refractivity contribution >= 4 is 0 Å². The molecule has 4 heteroatoms. The van der Waals surface area contributed by atoms with Crippen molar-refractivity contribution in [3.8, 4) is 6.07 Å². The van der Waals surface area contributed by atoms with E-state index in [4.69, 9.17) is 0 Å². The molecule has 1 aromatic carbocycles. The first-order valence-electron chi connectivity index (χ1n) is 5.86. The predicted molar refractivity (Wildman–Crippen MR) is 68.9 cm³/mol. The molecule has 1 heterocycles. The van der Waals surface area contributed by atoms with E-state index in [2.05, 4.69) is 34.4 Å². The monoisotopic (exact) mass is 240 g/mol. The van der Waals surface area contributed by atoms with Crippen molar-refractivity contribution in [3.63, 3.8) is 0 Å². The molecule has 0 unspecified atom stereocenters. The van der Waals surface area contributed by atoms with Gasteiger partial charge in [-0.2, -0.15) is 10.4 Å². The van der Waals surface area contributed by atoms with Gasteiger partial charge in [-0.3, -0.25) is 0 Å². The second kappa shape index (κ2) is 4.61. The number of aryl methyl sites for hydroxylation is 1. The van der Waals surface area contributed by atoms with Crippen LogP contribution >= 0.6 is 0 Å². The average molecular weight is 240 g/mol. The zero-order valence-electron chi connectivity index (χ0n) is 10.9. The Morgan fingerprint density at radius 2 is 2.11 bits per heavy atom. The van der Waals surface area contributed by atoms with Gasteiger partial charge in [0.15, 0.2) is 0 Å². The number of aromatic nitrogens is 3. The van der Waals surface area contributed by atoms with Crippen molar-refractivity contribution in [2.24, 2.45) is 0 Å². The fourth-order valence-electron chi connectivity index (χ4n) is 1.88. The van der Waals surface area contributed by atoms with Crippen LogP contribution in [0.4, 0.5) is 0 Å². The molecule has 0 aliphatic heterocycles. The number of benzene rings is 1. The summed E-state index contributed by atoms with van der Waals surface area (Å²) in [5, 5.41) is 13.3. The fraction of sp³-hybridized carbons (Fsp3) is 0.357. The number of nitriles is 1. The van der Waals surface area contributed by atoms with Gasteiger partial charge in [-0.25, -0.2) is 9.67 Å². The average Bonchev–Trinajstić information content (AvgIpc) is 2.81. The van der Waals surface area contributed by atoms with Gasteiger partial charge in [0.2, 0.25) is 0 Å². The number of hydrogen-bond donors (Lipinski definition) is 0. The minimum Gasteiger partial charge on any atom is -0.249 e. The summed E-state index contributed by atoms with van der Waals surface area (Å²) < 4.78 is 1.78. The van der Waals surface area contributed by atoms with Crippen LogP contribution in [-0.4, -0.2) is 14.8 Å². The van der Waals surface area contributed by atoms with Gasteiger partial charge in [-0.1, -0.05) is 23.8 Å². The molecule has 92 valence electrons. The van der Waals surface area contributed by atoms with E-state index in [1.54, 1.807) is 11.0 Å². The summed E-state index contributed by atoms with van der Waals surface area (Å²) in [7, 11) is 0. The van der Waals surface area contributed by atoms with E-state index in [9.17, 15) is 5.26 Å². The summed E-state index contributed by atoms with van der Waals surface area (Å²) in [6, 6.07) is 8.58.